The third kappa shape index (κ3) is 4.66. The fourth-order valence-corrected chi connectivity index (χ4v) is 2.43. The summed E-state index contributed by atoms with van der Waals surface area (Å²) >= 11 is 0. The number of nitrogens with zero attached hydrogens (tertiary/aromatic N) is 1. The van der Waals surface area contributed by atoms with Crippen molar-refractivity contribution >= 4 is 29.6 Å². The lowest BCUT2D eigenvalue weighted by molar-refractivity contribution is -0.127. The quantitative estimate of drug-likeness (QED) is 0.632. The Morgan fingerprint density at radius 1 is 1.07 bits per heavy atom. The van der Waals surface area contributed by atoms with Gasteiger partial charge in [-0.15, -0.1) is 0 Å². The van der Waals surface area contributed by atoms with Gasteiger partial charge in [0.2, 0.25) is 5.91 Å². The summed E-state index contributed by atoms with van der Waals surface area (Å²) in [7, 11) is 0. The summed E-state index contributed by atoms with van der Waals surface area (Å²) in [5.41, 5.74) is 1.40. The number of anilines is 1. The Labute approximate surface area is 155 Å². The van der Waals surface area contributed by atoms with Gasteiger partial charge in [-0.05, 0) is 35.9 Å². The van der Waals surface area contributed by atoms with E-state index >= 15 is 0 Å². The summed E-state index contributed by atoms with van der Waals surface area (Å²) in [4.78, 5) is 37.1. The Balaban J connectivity index is 1.61. The van der Waals surface area contributed by atoms with Gasteiger partial charge in [0.1, 0.15) is 18.1 Å². The van der Waals surface area contributed by atoms with Crippen molar-refractivity contribution in [3.8, 4) is 0 Å². The van der Waals surface area contributed by atoms with Crippen molar-refractivity contribution in [2.45, 2.75) is 0 Å². The molecule has 1 aliphatic rings. The lowest BCUT2D eigenvalue weighted by Crippen LogP contribution is -2.38. The number of amides is 4. The number of nitrogens with one attached hydrogen (secondary N) is 2. The highest BCUT2D eigenvalue weighted by Crippen LogP contribution is 2.12. The molecule has 1 saturated heterocycles. The van der Waals surface area contributed by atoms with Crippen LogP contribution in [-0.4, -0.2) is 29.3 Å². The fourth-order valence-electron chi connectivity index (χ4n) is 2.43. The van der Waals surface area contributed by atoms with Gasteiger partial charge in [-0.25, -0.2) is 14.1 Å². The van der Waals surface area contributed by atoms with Crippen molar-refractivity contribution in [3.63, 3.8) is 0 Å². The number of carbonyl (C=O) groups excluding carboxylic acids is 3. The van der Waals surface area contributed by atoms with Crippen LogP contribution in [0.4, 0.5) is 14.9 Å². The Hall–Kier alpha value is -3.74. The third-order valence-corrected chi connectivity index (χ3v) is 3.74. The average molecular weight is 365 g/mol. The van der Waals surface area contributed by atoms with Crippen LogP contribution in [-0.2, 0) is 9.59 Å². The fraction of sp³-hybridized carbons (Fsp3) is 0.0500. The molecule has 1 aliphatic heterocycles. The topological polar surface area (TPSA) is 78.5 Å². The Morgan fingerprint density at radius 2 is 1.78 bits per heavy atom. The van der Waals surface area contributed by atoms with E-state index in [2.05, 4.69) is 10.6 Å². The number of urea groups is 1. The minimum absolute atomic E-state index is 0.0850. The van der Waals surface area contributed by atoms with Crippen molar-refractivity contribution in [2.75, 3.05) is 11.9 Å². The van der Waals surface area contributed by atoms with Crippen LogP contribution in [0.25, 0.3) is 6.08 Å². The predicted molar refractivity (Wildman–Crippen MR) is 98.8 cm³/mol. The van der Waals surface area contributed by atoms with Crippen LogP contribution in [0.2, 0.25) is 0 Å². The van der Waals surface area contributed by atoms with Gasteiger partial charge in [0, 0.05) is 5.69 Å². The van der Waals surface area contributed by atoms with E-state index in [1.165, 1.54) is 30.3 Å². The minimum Gasteiger partial charge on any atom is -0.325 e. The maximum Gasteiger partial charge on any atom is 0.329 e. The molecular formula is C20H16FN3O3. The Bertz CT molecular complexity index is 921. The molecule has 7 heteroatoms. The monoisotopic (exact) mass is 365 g/mol. The summed E-state index contributed by atoms with van der Waals surface area (Å²) in [5.74, 6) is -1.58. The number of imide groups is 1. The second-order valence-electron chi connectivity index (χ2n) is 5.73. The summed E-state index contributed by atoms with van der Waals surface area (Å²) < 4.78 is 12.9. The standard InChI is InChI=1S/C20H16FN3O3/c21-15-9-11-16(12-10-15)22-18(25)13-24-19(26)17(23-20(24)27)8-4-7-14-5-2-1-3-6-14/h1-12H,13H2,(H,22,25)(H,23,27)/b7-4+,17-8-. The molecule has 2 N–H and O–H groups in total. The molecule has 0 spiro atoms. The van der Waals surface area contributed by atoms with Crippen molar-refractivity contribution in [1.82, 2.24) is 10.2 Å². The molecule has 2 aromatic rings. The molecule has 4 amide bonds. The van der Waals surface area contributed by atoms with Crippen LogP contribution in [0.3, 0.4) is 0 Å². The zero-order valence-electron chi connectivity index (χ0n) is 14.2. The molecule has 0 bridgehead atoms. The lowest BCUT2D eigenvalue weighted by Gasteiger charge is -2.11. The van der Waals surface area contributed by atoms with Crippen molar-refractivity contribution < 1.29 is 18.8 Å². The number of allylic oxidation sites excluding steroid dienone is 2. The second-order valence-corrected chi connectivity index (χ2v) is 5.73. The molecular weight excluding hydrogens is 349 g/mol. The van der Waals surface area contributed by atoms with Crippen molar-refractivity contribution in [2.24, 2.45) is 0 Å². The number of carbonyl (C=O) groups is 3. The van der Waals surface area contributed by atoms with Crippen molar-refractivity contribution in [1.29, 1.82) is 0 Å². The highest BCUT2D eigenvalue weighted by Gasteiger charge is 2.34. The van der Waals surface area contributed by atoms with Gasteiger partial charge in [-0.1, -0.05) is 42.5 Å². The smallest absolute Gasteiger partial charge is 0.325 e. The van der Waals surface area contributed by atoms with Crippen LogP contribution in [0.5, 0.6) is 0 Å². The number of hydrogen-bond acceptors (Lipinski definition) is 3. The first-order chi connectivity index (χ1) is 13.0. The molecule has 6 nitrogen and oxygen atoms in total. The normalized spacial score (nSPS) is 15.4. The molecule has 2 aromatic carbocycles. The van der Waals surface area contributed by atoms with E-state index in [4.69, 9.17) is 0 Å². The highest BCUT2D eigenvalue weighted by atomic mass is 19.1. The van der Waals surface area contributed by atoms with Crippen LogP contribution >= 0.6 is 0 Å². The number of rotatable bonds is 5. The van der Waals surface area contributed by atoms with Crippen LogP contribution < -0.4 is 10.6 Å². The minimum atomic E-state index is -0.673. The number of hydrogen-bond donors (Lipinski definition) is 2. The molecule has 0 atom stereocenters. The maximum atomic E-state index is 12.9. The van der Waals surface area contributed by atoms with Crippen LogP contribution in [0, 0.1) is 5.82 Å². The van der Waals surface area contributed by atoms with Crippen molar-refractivity contribution in [3.05, 3.63) is 83.8 Å². The van der Waals surface area contributed by atoms with Gasteiger partial charge in [0.25, 0.3) is 5.91 Å². The summed E-state index contributed by atoms with van der Waals surface area (Å²) in [5, 5.41) is 4.94. The van der Waals surface area contributed by atoms with E-state index in [1.807, 2.05) is 30.3 Å². The SMILES string of the molecule is O=C(CN1C(=O)N/C(=C\C=C\c2ccccc2)C1=O)Nc1ccc(F)cc1. The Kier molecular flexibility index (Phi) is 5.41. The molecule has 0 aliphatic carbocycles. The summed E-state index contributed by atoms with van der Waals surface area (Å²) in [6, 6.07) is 14.0. The first-order valence-corrected chi connectivity index (χ1v) is 8.14. The molecule has 27 heavy (non-hydrogen) atoms. The van der Waals surface area contributed by atoms with Gasteiger partial charge in [-0.2, -0.15) is 0 Å². The van der Waals surface area contributed by atoms with Crippen LogP contribution in [0.15, 0.2) is 72.4 Å². The first kappa shape index (κ1) is 18.1. The molecule has 3 rings (SSSR count). The van der Waals surface area contributed by atoms with Crippen LogP contribution in [0.1, 0.15) is 5.56 Å². The van der Waals surface area contributed by atoms with E-state index in [-0.39, 0.29) is 5.70 Å². The lowest BCUT2D eigenvalue weighted by atomic mass is 10.2. The molecule has 1 fully saturated rings. The summed E-state index contributed by atoms with van der Waals surface area (Å²) in [6.07, 6.45) is 4.91. The molecule has 1 heterocycles. The molecule has 0 radical (unpaired) electrons. The largest absolute Gasteiger partial charge is 0.329 e. The second kappa shape index (κ2) is 8.09. The van der Waals surface area contributed by atoms with Gasteiger partial charge in [-0.3, -0.25) is 9.59 Å². The molecule has 0 aromatic heterocycles. The third-order valence-electron chi connectivity index (χ3n) is 3.74. The van der Waals surface area contributed by atoms with E-state index in [1.54, 1.807) is 12.2 Å². The average Bonchev–Trinajstić information content (AvgIpc) is 2.92. The van der Waals surface area contributed by atoms with E-state index in [9.17, 15) is 18.8 Å². The van der Waals surface area contributed by atoms with Gasteiger partial charge in [0.15, 0.2) is 0 Å². The van der Waals surface area contributed by atoms with E-state index in [0.29, 0.717) is 5.69 Å². The summed E-state index contributed by atoms with van der Waals surface area (Å²) in [6.45, 7) is -0.443. The highest BCUT2D eigenvalue weighted by molar-refractivity contribution is 6.14. The zero-order valence-corrected chi connectivity index (χ0v) is 14.2. The predicted octanol–water partition coefficient (Wildman–Crippen LogP) is 2.91. The number of halogens is 1. The van der Waals surface area contributed by atoms with E-state index < -0.39 is 30.2 Å². The molecule has 0 saturated carbocycles. The van der Waals surface area contributed by atoms with Gasteiger partial charge < -0.3 is 10.6 Å². The number of benzene rings is 2. The first-order valence-electron chi connectivity index (χ1n) is 8.14. The van der Waals surface area contributed by atoms with E-state index in [0.717, 1.165) is 10.5 Å². The maximum absolute atomic E-state index is 12.9. The van der Waals surface area contributed by atoms with Gasteiger partial charge in [0.05, 0.1) is 0 Å². The zero-order chi connectivity index (χ0) is 19.2. The molecule has 0 unspecified atom stereocenters. The molecule has 136 valence electrons. The van der Waals surface area contributed by atoms with Gasteiger partial charge >= 0.3 is 6.03 Å². The Morgan fingerprint density at radius 3 is 2.48 bits per heavy atom.